The zero-order chi connectivity index (χ0) is 13.8. The molecular weight excluding hydrogens is 279 g/mol. The third-order valence-electron chi connectivity index (χ3n) is 2.55. The van der Waals surface area contributed by atoms with E-state index in [1.807, 2.05) is 0 Å². The summed E-state index contributed by atoms with van der Waals surface area (Å²) in [4.78, 5) is 0. The molecule has 0 aliphatic heterocycles. The van der Waals surface area contributed by atoms with E-state index in [0.29, 0.717) is 23.4 Å². The number of benzene rings is 1. The van der Waals surface area contributed by atoms with E-state index in [4.69, 9.17) is 17.4 Å². The highest BCUT2D eigenvalue weighted by Crippen LogP contribution is 2.23. The normalized spacial score (nSPS) is 13.6. The standard InChI is InChI=1S/C11H16ClFN2O2S/c1-18(16,17)6-2-3-11(15-14)9-5-4-8(12)7-10(9)13/h4-5,7,11,15H,2-3,6,14H2,1H3. The molecule has 7 heteroatoms. The highest BCUT2D eigenvalue weighted by molar-refractivity contribution is 7.90. The molecule has 0 aliphatic carbocycles. The molecule has 1 aromatic carbocycles. The van der Waals surface area contributed by atoms with E-state index in [9.17, 15) is 12.8 Å². The van der Waals surface area contributed by atoms with E-state index in [2.05, 4.69) is 5.43 Å². The Morgan fingerprint density at radius 3 is 2.67 bits per heavy atom. The molecule has 0 saturated carbocycles. The van der Waals surface area contributed by atoms with E-state index >= 15 is 0 Å². The number of halogens is 2. The predicted octanol–water partition coefficient (Wildman–Crippen LogP) is 1.81. The van der Waals surface area contributed by atoms with Gasteiger partial charge >= 0.3 is 0 Å². The zero-order valence-corrected chi connectivity index (χ0v) is 11.6. The van der Waals surface area contributed by atoms with Crippen LogP contribution in [-0.4, -0.2) is 20.4 Å². The van der Waals surface area contributed by atoms with Gasteiger partial charge < -0.3 is 0 Å². The second-order valence-corrected chi connectivity index (χ2v) is 6.85. The highest BCUT2D eigenvalue weighted by atomic mass is 35.5. The second-order valence-electron chi connectivity index (χ2n) is 4.16. The monoisotopic (exact) mass is 294 g/mol. The van der Waals surface area contributed by atoms with Gasteiger partial charge in [0.1, 0.15) is 15.7 Å². The molecule has 18 heavy (non-hydrogen) atoms. The lowest BCUT2D eigenvalue weighted by molar-refractivity contribution is 0.480. The summed E-state index contributed by atoms with van der Waals surface area (Å²) in [5, 5.41) is 0.308. The fourth-order valence-electron chi connectivity index (χ4n) is 1.66. The molecule has 1 rings (SSSR count). The van der Waals surface area contributed by atoms with Crippen molar-refractivity contribution in [2.75, 3.05) is 12.0 Å². The first kappa shape index (κ1) is 15.4. The summed E-state index contributed by atoms with van der Waals surface area (Å²) < 4.78 is 35.7. The first-order chi connectivity index (χ1) is 8.33. The lowest BCUT2D eigenvalue weighted by Crippen LogP contribution is -2.29. The van der Waals surface area contributed by atoms with Crippen LogP contribution in [0.3, 0.4) is 0 Å². The van der Waals surface area contributed by atoms with Gasteiger partial charge in [-0.3, -0.25) is 11.3 Å². The van der Waals surface area contributed by atoms with Gasteiger partial charge in [-0.2, -0.15) is 0 Å². The number of nitrogens with one attached hydrogen (secondary N) is 1. The molecule has 0 aromatic heterocycles. The minimum absolute atomic E-state index is 0.0559. The van der Waals surface area contributed by atoms with Gasteiger partial charge in [-0.1, -0.05) is 17.7 Å². The van der Waals surface area contributed by atoms with Crippen LogP contribution in [0.4, 0.5) is 4.39 Å². The number of hydrogen-bond donors (Lipinski definition) is 2. The molecular formula is C11H16ClFN2O2S. The predicted molar refractivity (Wildman–Crippen MR) is 70.4 cm³/mol. The van der Waals surface area contributed by atoms with Crippen LogP contribution >= 0.6 is 11.6 Å². The van der Waals surface area contributed by atoms with Crippen LogP contribution in [0, 0.1) is 5.82 Å². The summed E-state index contributed by atoms with van der Waals surface area (Å²) in [5.41, 5.74) is 2.87. The minimum Gasteiger partial charge on any atom is -0.271 e. The molecule has 3 N–H and O–H groups in total. The van der Waals surface area contributed by atoms with Gasteiger partial charge in [0.25, 0.3) is 0 Å². The van der Waals surface area contributed by atoms with Gasteiger partial charge in [0.2, 0.25) is 0 Å². The maximum absolute atomic E-state index is 13.7. The van der Waals surface area contributed by atoms with E-state index < -0.39 is 21.7 Å². The van der Waals surface area contributed by atoms with Crippen LogP contribution in [-0.2, 0) is 9.84 Å². The SMILES string of the molecule is CS(=O)(=O)CCCC(NN)c1ccc(Cl)cc1F. The maximum atomic E-state index is 13.7. The maximum Gasteiger partial charge on any atom is 0.147 e. The van der Waals surface area contributed by atoms with E-state index in [1.54, 1.807) is 12.1 Å². The van der Waals surface area contributed by atoms with E-state index in [0.717, 1.165) is 0 Å². The Hall–Kier alpha value is -0.690. The molecule has 0 heterocycles. The minimum atomic E-state index is -3.01. The van der Waals surface area contributed by atoms with Crippen LogP contribution < -0.4 is 11.3 Å². The van der Waals surface area contributed by atoms with Gasteiger partial charge in [0.15, 0.2) is 0 Å². The molecule has 1 unspecified atom stereocenters. The smallest absolute Gasteiger partial charge is 0.147 e. The largest absolute Gasteiger partial charge is 0.271 e. The lowest BCUT2D eigenvalue weighted by Gasteiger charge is -2.16. The highest BCUT2D eigenvalue weighted by Gasteiger charge is 2.15. The van der Waals surface area contributed by atoms with E-state index in [-0.39, 0.29) is 5.75 Å². The summed E-state index contributed by atoms with van der Waals surface area (Å²) in [6.07, 6.45) is 2.01. The van der Waals surface area contributed by atoms with Crippen LogP contribution in [0.15, 0.2) is 18.2 Å². The molecule has 0 fully saturated rings. The molecule has 0 radical (unpaired) electrons. The first-order valence-electron chi connectivity index (χ1n) is 5.42. The molecule has 0 saturated heterocycles. The van der Waals surface area contributed by atoms with Crippen molar-refractivity contribution in [2.24, 2.45) is 5.84 Å². The topological polar surface area (TPSA) is 72.2 Å². The zero-order valence-electron chi connectivity index (χ0n) is 9.99. The van der Waals surface area contributed by atoms with Crippen molar-refractivity contribution in [3.05, 3.63) is 34.6 Å². The molecule has 0 spiro atoms. The van der Waals surface area contributed by atoms with Crippen molar-refractivity contribution < 1.29 is 12.8 Å². The molecule has 4 nitrogen and oxygen atoms in total. The summed E-state index contributed by atoms with van der Waals surface area (Å²) >= 11 is 5.66. The van der Waals surface area contributed by atoms with Crippen molar-refractivity contribution in [1.29, 1.82) is 0 Å². The Morgan fingerprint density at radius 1 is 1.50 bits per heavy atom. The fourth-order valence-corrected chi connectivity index (χ4v) is 2.51. The van der Waals surface area contributed by atoms with Gasteiger partial charge in [-0.05, 0) is 25.0 Å². The van der Waals surface area contributed by atoms with Crippen LogP contribution in [0.5, 0.6) is 0 Å². The summed E-state index contributed by atoms with van der Waals surface area (Å²) in [5.74, 6) is 4.96. The Bertz CT molecular complexity index is 508. The van der Waals surface area contributed by atoms with Crippen molar-refractivity contribution in [1.82, 2.24) is 5.43 Å². The molecule has 0 amide bonds. The number of sulfone groups is 1. The second kappa shape index (κ2) is 6.47. The number of hydrazine groups is 1. The average Bonchev–Trinajstić information content (AvgIpc) is 2.24. The number of nitrogens with two attached hydrogens (primary N) is 1. The van der Waals surface area contributed by atoms with Gasteiger partial charge in [0, 0.05) is 28.6 Å². The van der Waals surface area contributed by atoms with Crippen LogP contribution in [0.2, 0.25) is 5.02 Å². The third kappa shape index (κ3) is 4.89. The molecule has 1 aromatic rings. The quantitative estimate of drug-likeness (QED) is 0.620. The van der Waals surface area contributed by atoms with Crippen molar-refractivity contribution in [2.45, 2.75) is 18.9 Å². The molecule has 102 valence electrons. The van der Waals surface area contributed by atoms with E-state index in [1.165, 1.54) is 12.3 Å². The van der Waals surface area contributed by atoms with Crippen molar-refractivity contribution in [3.8, 4) is 0 Å². The Morgan fingerprint density at radius 2 is 2.17 bits per heavy atom. The Kier molecular flexibility index (Phi) is 5.52. The summed E-state index contributed by atoms with van der Waals surface area (Å²) in [7, 11) is -3.01. The van der Waals surface area contributed by atoms with Gasteiger partial charge in [-0.15, -0.1) is 0 Å². The van der Waals surface area contributed by atoms with Gasteiger partial charge in [0.05, 0.1) is 0 Å². The first-order valence-corrected chi connectivity index (χ1v) is 7.86. The summed E-state index contributed by atoms with van der Waals surface area (Å²) in [6, 6.07) is 3.89. The molecule has 0 bridgehead atoms. The summed E-state index contributed by atoms with van der Waals surface area (Å²) in [6.45, 7) is 0. The number of rotatable bonds is 6. The number of hydrogen-bond acceptors (Lipinski definition) is 4. The van der Waals surface area contributed by atoms with Crippen LogP contribution in [0.1, 0.15) is 24.4 Å². The lowest BCUT2D eigenvalue weighted by atomic mass is 10.0. The Labute approximate surface area is 111 Å². The Balaban J connectivity index is 2.71. The van der Waals surface area contributed by atoms with Crippen molar-refractivity contribution >= 4 is 21.4 Å². The van der Waals surface area contributed by atoms with Crippen LogP contribution in [0.25, 0.3) is 0 Å². The molecule has 1 atom stereocenters. The van der Waals surface area contributed by atoms with Gasteiger partial charge in [-0.25, -0.2) is 12.8 Å². The fraction of sp³-hybridized carbons (Fsp3) is 0.455. The van der Waals surface area contributed by atoms with Crippen molar-refractivity contribution in [3.63, 3.8) is 0 Å². The third-order valence-corrected chi connectivity index (χ3v) is 3.81. The average molecular weight is 295 g/mol. The molecule has 0 aliphatic rings.